The number of unbranched alkanes of at least 4 members (excludes halogenated alkanes) is 2. The molecule has 0 fully saturated rings. The summed E-state index contributed by atoms with van der Waals surface area (Å²) >= 11 is 0. The normalized spacial score (nSPS) is 12.6. The van der Waals surface area contributed by atoms with Crippen molar-refractivity contribution in [3.63, 3.8) is 0 Å². The fourth-order valence-corrected chi connectivity index (χ4v) is 1.86. The molecule has 0 heterocycles. The minimum absolute atomic E-state index is 0.338. The Balaban J connectivity index is 2.44. The Morgan fingerprint density at radius 2 is 1.81 bits per heavy atom. The molecule has 1 aromatic carbocycles. The van der Waals surface area contributed by atoms with Crippen molar-refractivity contribution in [1.29, 1.82) is 0 Å². The Bertz CT molecular complexity index is 281. The third-order valence-corrected chi connectivity index (χ3v) is 2.87. The summed E-state index contributed by atoms with van der Waals surface area (Å²) in [5.74, 6) is 0.338. The van der Waals surface area contributed by atoms with Gasteiger partial charge in [0, 0.05) is 6.04 Å². The lowest BCUT2D eigenvalue weighted by Gasteiger charge is -2.17. The first-order chi connectivity index (χ1) is 7.77. The molecular formula is C14H23NO. The van der Waals surface area contributed by atoms with Gasteiger partial charge in [-0.15, -0.1) is 0 Å². The quantitative estimate of drug-likeness (QED) is 0.689. The van der Waals surface area contributed by atoms with Gasteiger partial charge in [0.2, 0.25) is 0 Å². The third-order valence-electron chi connectivity index (χ3n) is 2.87. The van der Waals surface area contributed by atoms with Crippen LogP contribution in [-0.4, -0.2) is 11.7 Å². The molecule has 0 aliphatic carbocycles. The molecule has 2 heteroatoms. The molecule has 2 nitrogen and oxygen atoms in total. The molecule has 1 unspecified atom stereocenters. The molecule has 0 saturated heterocycles. The highest BCUT2D eigenvalue weighted by atomic mass is 16.3. The monoisotopic (exact) mass is 221 g/mol. The highest BCUT2D eigenvalue weighted by Gasteiger charge is 2.07. The molecule has 0 radical (unpaired) electrons. The third kappa shape index (κ3) is 4.23. The number of phenolic OH excluding ortho intramolecular Hbond substituents is 1. The zero-order chi connectivity index (χ0) is 11.8. The number of rotatable bonds is 7. The number of hydrogen-bond donors (Lipinski definition) is 2. The van der Waals surface area contributed by atoms with Gasteiger partial charge in [0.05, 0.1) is 0 Å². The van der Waals surface area contributed by atoms with Crippen molar-refractivity contribution in [2.45, 2.75) is 45.6 Å². The van der Waals surface area contributed by atoms with E-state index in [1.807, 2.05) is 12.1 Å². The van der Waals surface area contributed by atoms with Gasteiger partial charge in [-0.3, -0.25) is 0 Å². The van der Waals surface area contributed by atoms with Crippen LogP contribution in [-0.2, 0) is 0 Å². The van der Waals surface area contributed by atoms with Gasteiger partial charge in [-0.2, -0.15) is 0 Å². The maximum absolute atomic E-state index is 9.24. The first-order valence-corrected chi connectivity index (χ1v) is 6.30. The number of benzene rings is 1. The molecule has 0 aromatic heterocycles. The van der Waals surface area contributed by atoms with Gasteiger partial charge in [0.25, 0.3) is 0 Å². The fraction of sp³-hybridized carbons (Fsp3) is 0.571. The van der Waals surface area contributed by atoms with Crippen LogP contribution in [0, 0.1) is 0 Å². The van der Waals surface area contributed by atoms with Crippen LogP contribution in [0.5, 0.6) is 5.75 Å². The van der Waals surface area contributed by atoms with Gasteiger partial charge in [-0.25, -0.2) is 0 Å². The molecule has 90 valence electrons. The summed E-state index contributed by atoms with van der Waals surface area (Å²) in [6.45, 7) is 5.48. The van der Waals surface area contributed by atoms with Crippen LogP contribution in [0.2, 0.25) is 0 Å². The second-order valence-electron chi connectivity index (χ2n) is 4.21. The minimum atomic E-state index is 0.338. The van der Waals surface area contributed by atoms with Gasteiger partial charge >= 0.3 is 0 Å². The van der Waals surface area contributed by atoms with Crippen LogP contribution in [0.25, 0.3) is 0 Å². The van der Waals surface area contributed by atoms with E-state index in [1.54, 1.807) is 12.1 Å². The van der Waals surface area contributed by atoms with Crippen molar-refractivity contribution in [2.24, 2.45) is 0 Å². The van der Waals surface area contributed by atoms with E-state index in [4.69, 9.17) is 0 Å². The van der Waals surface area contributed by atoms with Crippen molar-refractivity contribution in [3.05, 3.63) is 29.8 Å². The van der Waals surface area contributed by atoms with Crippen molar-refractivity contribution >= 4 is 0 Å². The number of nitrogens with one attached hydrogen (secondary N) is 1. The van der Waals surface area contributed by atoms with Crippen molar-refractivity contribution < 1.29 is 5.11 Å². The molecule has 0 aliphatic heterocycles. The zero-order valence-corrected chi connectivity index (χ0v) is 10.4. The molecule has 0 saturated carbocycles. The van der Waals surface area contributed by atoms with Gasteiger partial charge in [0.15, 0.2) is 0 Å². The van der Waals surface area contributed by atoms with Crippen molar-refractivity contribution in [2.75, 3.05) is 6.54 Å². The standard InChI is InChI=1S/C14H23NO/c1-3-5-6-11-15-14(4-2)12-7-9-13(16)10-8-12/h7-10,14-16H,3-6,11H2,1-2H3. The molecule has 0 bridgehead atoms. The maximum Gasteiger partial charge on any atom is 0.115 e. The van der Waals surface area contributed by atoms with Gasteiger partial charge in [0.1, 0.15) is 5.75 Å². The SMILES string of the molecule is CCCCCNC(CC)c1ccc(O)cc1. The fourth-order valence-electron chi connectivity index (χ4n) is 1.86. The summed E-state index contributed by atoms with van der Waals surface area (Å²) in [7, 11) is 0. The Labute approximate surface area is 98.7 Å². The van der Waals surface area contributed by atoms with E-state index >= 15 is 0 Å². The molecule has 2 N–H and O–H groups in total. The van der Waals surface area contributed by atoms with E-state index in [-0.39, 0.29) is 0 Å². The number of hydrogen-bond acceptors (Lipinski definition) is 2. The lowest BCUT2D eigenvalue weighted by atomic mass is 10.0. The summed E-state index contributed by atoms with van der Waals surface area (Å²) in [6.07, 6.45) is 4.87. The summed E-state index contributed by atoms with van der Waals surface area (Å²) in [5.41, 5.74) is 1.26. The Morgan fingerprint density at radius 1 is 1.12 bits per heavy atom. The lowest BCUT2D eigenvalue weighted by molar-refractivity contribution is 0.472. The summed E-state index contributed by atoms with van der Waals surface area (Å²) in [4.78, 5) is 0. The number of phenols is 1. The topological polar surface area (TPSA) is 32.3 Å². The second-order valence-corrected chi connectivity index (χ2v) is 4.21. The van der Waals surface area contributed by atoms with Crippen LogP contribution in [0.3, 0.4) is 0 Å². The maximum atomic E-state index is 9.24. The highest BCUT2D eigenvalue weighted by Crippen LogP contribution is 2.19. The van der Waals surface area contributed by atoms with E-state index in [0.29, 0.717) is 11.8 Å². The van der Waals surface area contributed by atoms with Crippen LogP contribution in [0.4, 0.5) is 0 Å². The lowest BCUT2D eigenvalue weighted by Crippen LogP contribution is -2.21. The van der Waals surface area contributed by atoms with E-state index < -0.39 is 0 Å². The molecular weight excluding hydrogens is 198 g/mol. The molecule has 1 aromatic rings. The van der Waals surface area contributed by atoms with Crippen molar-refractivity contribution in [1.82, 2.24) is 5.32 Å². The van der Waals surface area contributed by atoms with E-state index in [2.05, 4.69) is 19.2 Å². The summed E-state index contributed by atoms with van der Waals surface area (Å²) in [5, 5.41) is 12.8. The smallest absolute Gasteiger partial charge is 0.115 e. The summed E-state index contributed by atoms with van der Waals surface area (Å²) < 4.78 is 0. The average molecular weight is 221 g/mol. The first kappa shape index (κ1) is 13.0. The number of aromatic hydroxyl groups is 1. The van der Waals surface area contributed by atoms with Gasteiger partial charge < -0.3 is 10.4 Å². The molecule has 0 aliphatic rings. The molecule has 0 spiro atoms. The molecule has 1 rings (SSSR count). The Morgan fingerprint density at radius 3 is 2.38 bits per heavy atom. The van der Waals surface area contributed by atoms with Crippen LogP contribution < -0.4 is 5.32 Å². The van der Waals surface area contributed by atoms with Crippen molar-refractivity contribution in [3.8, 4) is 5.75 Å². The predicted octanol–water partition coefficient (Wildman–Crippen LogP) is 3.62. The average Bonchev–Trinajstić information content (AvgIpc) is 2.31. The Hall–Kier alpha value is -1.02. The highest BCUT2D eigenvalue weighted by molar-refractivity contribution is 5.27. The largest absolute Gasteiger partial charge is 0.508 e. The van der Waals surface area contributed by atoms with Crippen LogP contribution in [0.1, 0.15) is 51.1 Å². The molecule has 1 atom stereocenters. The van der Waals surface area contributed by atoms with Crippen LogP contribution in [0.15, 0.2) is 24.3 Å². The van der Waals surface area contributed by atoms with E-state index in [0.717, 1.165) is 13.0 Å². The van der Waals surface area contributed by atoms with E-state index in [9.17, 15) is 5.11 Å². The zero-order valence-electron chi connectivity index (χ0n) is 10.4. The summed E-state index contributed by atoms with van der Waals surface area (Å²) in [6, 6.07) is 7.92. The Kier molecular flexibility index (Phi) is 5.94. The first-order valence-electron chi connectivity index (χ1n) is 6.30. The predicted molar refractivity (Wildman–Crippen MR) is 68.7 cm³/mol. The second kappa shape index (κ2) is 7.29. The van der Waals surface area contributed by atoms with E-state index in [1.165, 1.54) is 24.8 Å². The molecule has 0 amide bonds. The molecule has 16 heavy (non-hydrogen) atoms. The minimum Gasteiger partial charge on any atom is -0.508 e. The van der Waals surface area contributed by atoms with Crippen LogP contribution >= 0.6 is 0 Å². The van der Waals surface area contributed by atoms with Gasteiger partial charge in [-0.05, 0) is 37.1 Å². The van der Waals surface area contributed by atoms with Gasteiger partial charge in [-0.1, -0.05) is 38.8 Å².